The molecule has 0 bridgehead atoms. The van der Waals surface area contributed by atoms with Gasteiger partial charge in [0.15, 0.2) is 0 Å². The van der Waals surface area contributed by atoms with Crippen molar-refractivity contribution in [1.29, 1.82) is 0 Å². The van der Waals surface area contributed by atoms with Crippen LogP contribution in [0.5, 0.6) is 0 Å². The molecule has 10 heavy (non-hydrogen) atoms. The summed E-state index contributed by atoms with van der Waals surface area (Å²) in [6.45, 7) is 2.06. The average Bonchev–Trinajstić information content (AvgIpc) is 2.14. The van der Waals surface area contributed by atoms with E-state index in [4.69, 9.17) is 5.11 Å². The van der Waals surface area contributed by atoms with Gasteiger partial charge in [0, 0.05) is 6.04 Å². The van der Waals surface area contributed by atoms with E-state index in [0.717, 1.165) is 12.8 Å². The normalized spacial score (nSPS) is 34.6. The first-order chi connectivity index (χ1) is 4.63. The molecule has 3 nitrogen and oxygen atoms in total. The van der Waals surface area contributed by atoms with Crippen LogP contribution in [0.2, 0.25) is 0 Å². The SMILES string of the molecule is C[C@H]1CC[C@H](C(=O)O)N1C. The standard InChI is InChI=1S/C7H13NO2/c1-5-3-4-6(7(9)10)8(5)2/h5-6H,3-4H2,1-2H3,(H,9,10)/t5-,6+/m0/s1. The Bertz CT molecular complexity index is 147. The third kappa shape index (κ3) is 1.14. The zero-order chi connectivity index (χ0) is 7.72. The van der Waals surface area contributed by atoms with Crippen molar-refractivity contribution in [3.8, 4) is 0 Å². The van der Waals surface area contributed by atoms with Gasteiger partial charge in [-0.25, -0.2) is 0 Å². The fraction of sp³-hybridized carbons (Fsp3) is 0.857. The molecule has 58 valence electrons. The third-order valence-corrected chi connectivity index (χ3v) is 2.33. The number of hydrogen-bond donors (Lipinski definition) is 1. The molecule has 1 fully saturated rings. The number of likely N-dealkylation sites (N-methyl/N-ethyl adjacent to an activating group) is 1. The molecule has 1 saturated heterocycles. The molecule has 2 atom stereocenters. The number of nitrogens with zero attached hydrogens (tertiary/aromatic N) is 1. The van der Waals surface area contributed by atoms with Gasteiger partial charge in [-0.3, -0.25) is 9.69 Å². The highest BCUT2D eigenvalue weighted by Gasteiger charge is 2.32. The van der Waals surface area contributed by atoms with E-state index >= 15 is 0 Å². The Kier molecular flexibility index (Phi) is 1.94. The largest absolute Gasteiger partial charge is 0.480 e. The third-order valence-electron chi connectivity index (χ3n) is 2.33. The van der Waals surface area contributed by atoms with Gasteiger partial charge < -0.3 is 5.11 Å². The van der Waals surface area contributed by atoms with Crippen molar-refractivity contribution in [2.45, 2.75) is 31.8 Å². The molecule has 0 spiro atoms. The van der Waals surface area contributed by atoms with Crippen molar-refractivity contribution in [3.05, 3.63) is 0 Å². The molecule has 0 unspecified atom stereocenters. The van der Waals surface area contributed by atoms with Gasteiger partial charge in [-0.05, 0) is 26.8 Å². The van der Waals surface area contributed by atoms with Crippen LogP contribution in [-0.4, -0.2) is 35.1 Å². The molecule has 0 saturated carbocycles. The van der Waals surface area contributed by atoms with Gasteiger partial charge in [0.2, 0.25) is 0 Å². The van der Waals surface area contributed by atoms with Crippen molar-refractivity contribution in [3.63, 3.8) is 0 Å². The summed E-state index contributed by atoms with van der Waals surface area (Å²) in [5, 5.41) is 8.66. The molecule has 1 aliphatic rings. The highest BCUT2D eigenvalue weighted by molar-refractivity contribution is 5.73. The zero-order valence-electron chi connectivity index (χ0n) is 6.37. The lowest BCUT2D eigenvalue weighted by Gasteiger charge is -2.19. The second-order valence-corrected chi connectivity index (χ2v) is 2.95. The van der Waals surface area contributed by atoms with E-state index in [0.29, 0.717) is 6.04 Å². The maximum atomic E-state index is 10.5. The van der Waals surface area contributed by atoms with Gasteiger partial charge >= 0.3 is 5.97 Å². The molecule has 0 aliphatic carbocycles. The minimum Gasteiger partial charge on any atom is -0.480 e. The van der Waals surface area contributed by atoms with Gasteiger partial charge in [0.05, 0.1) is 0 Å². The summed E-state index contributed by atoms with van der Waals surface area (Å²) in [5.41, 5.74) is 0. The molecule has 0 radical (unpaired) electrons. The van der Waals surface area contributed by atoms with Crippen molar-refractivity contribution in [2.75, 3.05) is 7.05 Å². The molecule has 1 heterocycles. The molecule has 1 rings (SSSR count). The highest BCUT2D eigenvalue weighted by Crippen LogP contribution is 2.21. The van der Waals surface area contributed by atoms with Gasteiger partial charge in [-0.2, -0.15) is 0 Å². The van der Waals surface area contributed by atoms with Gasteiger partial charge in [-0.15, -0.1) is 0 Å². The Hall–Kier alpha value is -0.570. The molecule has 3 heteroatoms. The number of carboxylic acids is 1. The average molecular weight is 143 g/mol. The number of aliphatic carboxylic acids is 1. The summed E-state index contributed by atoms with van der Waals surface area (Å²) >= 11 is 0. The van der Waals surface area contributed by atoms with Crippen LogP contribution in [0.25, 0.3) is 0 Å². The van der Waals surface area contributed by atoms with E-state index in [9.17, 15) is 4.79 Å². The Balaban J connectivity index is 2.57. The maximum absolute atomic E-state index is 10.5. The van der Waals surface area contributed by atoms with Crippen LogP contribution < -0.4 is 0 Å². The predicted octanol–water partition coefficient (Wildman–Crippen LogP) is 0.554. The fourth-order valence-corrected chi connectivity index (χ4v) is 1.41. The van der Waals surface area contributed by atoms with Gasteiger partial charge in [-0.1, -0.05) is 0 Å². The molecule has 0 aromatic rings. The molecule has 0 aromatic carbocycles. The van der Waals surface area contributed by atoms with Crippen molar-refractivity contribution in [2.24, 2.45) is 0 Å². The van der Waals surface area contributed by atoms with E-state index in [1.54, 1.807) is 0 Å². The van der Waals surface area contributed by atoms with Crippen LogP contribution in [-0.2, 0) is 4.79 Å². The first kappa shape index (κ1) is 7.54. The second kappa shape index (κ2) is 2.58. The van der Waals surface area contributed by atoms with Crippen LogP contribution in [0.3, 0.4) is 0 Å². The summed E-state index contributed by atoms with van der Waals surface area (Å²) in [4.78, 5) is 12.4. The van der Waals surface area contributed by atoms with Crippen LogP contribution >= 0.6 is 0 Å². The summed E-state index contributed by atoms with van der Waals surface area (Å²) in [7, 11) is 1.87. The molecule has 0 amide bonds. The molecular formula is C7H13NO2. The first-order valence-corrected chi connectivity index (χ1v) is 3.57. The molecule has 0 aromatic heterocycles. The summed E-state index contributed by atoms with van der Waals surface area (Å²) < 4.78 is 0. The highest BCUT2D eigenvalue weighted by atomic mass is 16.4. The van der Waals surface area contributed by atoms with E-state index in [2.05, 4.69) is 6.92 Å². The van der Waals surface area contributed by atoms with Crippen LogP contribution in [0.15, 0.2) is 0 Å². The lowest BCUT2D eigenvalue weighted by Crippen LogP contribution is -2.36. The lowest BCUT2D eigenvalue weighted by molar-refractivity contribution is -0.142. The Labute approximate surface area is 60.6 Å². The van der Waals surface area contributed by atoms with E-state index in [-0.39, 0.29) is 6.04 Å². The zero-order valence-corrected chi connectivity index (χ0v) is 6.37. The number of hydrogen-bond acceptors (Lipinski definition) is 2. The first-order valence-electron chi connectivity index (χ1n) is 3.57. The summed E-state index contributed by atoms with van der Waals surface area (Å²) in [6, 6.07) is 0.191. The lowest BCUT2D eigenvalue weighted by atomic mass is 10.2. The molecular weight excluding hydrogens is 130 g/mol. The maximum Gasteiger partial charge on any atom is 0.320 e. The Morgan fingerprint density at radius 2 is 2.20 bits per heavy atom. The number of carbonyl (C=O) groups is 1. The smallest absolute Gasteiger partial charge is 0.320 e. The Morgan fingerprint density at radius 3 is 2.40 bits per heavy atom. The molecule has 1 aliphatic heterocycles. The predicted molar refractivity (Wildman–Crippen MR) is 37.9 cm³/mol. The monoisotopic (exact) mass is 143 g/mol. The minimum atomic E-state index is -0.688. The van der Waals surface area contributed by atoms with Crippen molar-refractivity contribution in [1.82, 2.24) is 4.90 Å². The quantitative estimate of drug-likeness (QED) is 0.583. The van der Waals surface area contributed by atoms with Crippen LogP contribution in [0, 0.1) is 0 Å². The number of carboxylic acid groups (broad SMARTS) is 1. The fourth-order valence-electron chi connectivity index (χ4n) is 1.41. The van der Waals surface area contributed by atoms with Gasteiger partial charge in [0.1, 0.15) is 6.04 Å². The number of rotatable bonds is 1. The molecule has 1 N–H and O–H groups in total. The van der Waals surface area contributed by atoms with Crippen molar-refractivity contribution < 1.29 is 9.90 Å². The van der Waals surface area contributed by atoms with Crippen LogP contribution in [0.1, 0.15) is 19.8 Å². The minimum absolute atomic E-state index is 0.241. The van der Waals surface area contributed by atoms with Crippen molar-refractivity contribution >= 4 is 5.97 Å². The van der Waals surface area contributed by atoms with E-state index in [1.165, 1.54) is 0 Å². The Morgan fingerprint density at radius 1 is 1.60 bits per heavy atom. The van der Waals surface area contributed by atoms with Gasteiger partial charge in [0.25, 0.3) is 0 Å². The van der Waals surface area contributed by atoms with Crippen LogP contribution in [0.4, 0.5) is 0 Å². The number of likely N-dealkylation sites (tertiary alicyclic amines) is 1. The summed E-state index contributed by atoms with van der Waals surface area (Å²) in [6.07, 6.45) is 1.81. The summed E-state index contributed by atoms with van der Waals surface area (Å²) in [5.74, 6) is -0.688. The second-order valence-electron chi connectivity index (χ2n) is 2.95. The van der Waals surface area contributed by atoms with E-state index in [1.807, 2.05) is 11.9 Å². The topological polar surface area (TPSA) is 40.5 Å². The van der Waals surface area contributed by atoms with E-state index < -0.39 is 5.97 Å².